The van der Waals surface area contributed by atoms with Gasteiger partial charge in [0.2, 0.25) is 11.8 Å². The van der Waals surface area contributed by atoms with Crippen molar-refractivity contribution in [1.82, 2.24) is 20.4 Å². The van der Waals surface area contributed by atoms with Gasteiger partial charge in [0.05, 0.1) is 32.7 Å². The Morgan fingerprint density at radius 3 is 2.34 bits per heavy atom. The molecular formula is C41H50N4O8. The molecule has 1 unspecified atom stereocenters. The van der Waals surface area contributed by atoms with Crippen molar-refractivity contribution >= 4 is 29.5 Å². The molecule has 12 nitrogen and oxygen atoms in total. The number of hydrogen-bond donors (Lipinski definition) is 2. The summed E-state index contributed by atoms with van der Waals surface area (Å²) in [6, 6.07) is 20.8. The lowest BCUT2D eigenvalue weighted by Crippen LogP contribution is -2.42. The monoisotopic (exact) mass is 726 g/mol. The van der Waals surface area contributed by atoms with E-state index in [1.165, 1.54) is 14.0 Å². The van der Waals surface area contributed by atoms with Crippen LogP contribution in [-0.2, 0) is 23.9 Å². The van der Waals surface area contributed by atoms with Crippen LogP contribution in [0.25, 0.3) is 0 Å². The minimum absolute atomic E-state index is 0.0145. The van der Waals surface area contributed by atoms with Crippen LogP contribution in [0.4, 0.5) is 0 Å². The summed E-state index contributed by atoms with van der Waals surface area (Å²) in [5.74, 6) is -0.604. The molecule has 2 N–H and O–H groups in total. The number of ketones is 1. The number of hydrogen-bond acceptors (Lipinski definition) is 9. The lowest BCUT2D eigenvalue weighted by Gasteiger charge is -2.32. The Morgan fingerprint density at radius 2 is 1.66 bits per heavy atom. The molecule has 0 radical (unpaired) electrons. The van der Waals surface area contributed by atoms with Crippen molar-refractivity contribution in [2.24, 2.45) is 0 Å². The number of carbonyl (C=O) groups is 5. The number of nitrogens with one attached hydrogen (secondary N) is 2. The number of benzene rings is 3. The van der Waals surface area contributed by atoms with Crippen molar-refractivity contribution in [2.75, 3.05) is 46.9 Å². The van der Waals surface area contributed by atoms with Crippen LogP contribution in [0.3, 0.4) is 0 Å². The molecule has 0 aromatic heterocycles. The van der Waals surface area contributed by atoms with Gasteiger partial charge in [-0.25, -0.2) is 0 Å². The van der Waals surface area contributed by atoms with Crippen molar-refractivity contribution in [3.8, 4) is 11.5 Å². The summed E-state index contributed by atoms with van der Waals surface area (Å²) in [7, 11) is 2.90. The van der Waals surface area contributed by atoms with Crippen molar-refractivity contribution in [3.05, 3.63) is 95.1 Å². The molecule has 2 bridgehead atoms. The van der Waals surface area contributed by atoms with Gasteiger partial charge in [-0.2, -0.15) is 0 Å². The summed E-state index contributed by atoms with van der Waals surface area (Å²) in [5, 5.41) is 6.32. The Morgan fingerprint density at radius 1 is 0.925 bits per heavy atom. The summed E-state index contributed by atoms with van der Waals surface area (Å²) in [4.78, 5) is 69.7. The molecule has 3 aromatic rings. The molecule has 0 saturated heterocycles. The van der Waals surface area contributed by atoms with Gasteiger partial charge in [-0.05, 0) is 86.7 Å². The van der Waals surface area contributed by atoms with Crippen LogP contribution in [0.1, 0.15) is 91.1 Å². The van der Waals surface area contributed by atoms with E-state index in [1.54, 1.807) is 37.1 Å². The van der Waals surface area contributed by atoms with E-state index in [1.807, 2.05) is 59.5 Å². The standard InChI is InChI=1S/C41H50N4O8/c1-27(46)34-13-8-24-45(28(2)47)35(26-37(48)52-4)31-16-19-36-33(25-31)38(39(53-36)29-14-17-32(51-3)18-15-29)41(50)44(22-9-20-42-34)23-10-21-43-40(49)30-11-6-5-7-12-30/h5-7,11-12,14-19,25,34-35,38-39,42H,8-10,13,20-24,26H2,1-4H3,(H,43,49)/t34?,35-,38-,39+/m1/s1. The maximum absolute atomic E-state index is 14.9. The van der Waals surface area contributed by atoms with Crippen molar-refractivity contribution < 1.29 is 38.2 Å². The summed E-state index contributed by atoms with van der Waals surface area (Å²) in [6.07, 6.45) is 1.37. The Labute approximate surface area is 311 Å². The van der Waals surface area contributed by atoms with Crippen LogP contribution in [0, 0.1) is 0 Å². The molecule has 0 spiro atoms. The largest absolute Gasteiger partial charge is 0.497 e. The smallest absolute Gasteiger partial charge is 0.307 e. The van der Waals surface area contributed by atoms with E-state index in [0.29, 0.717) is 86.6 Å². The molecule has 4 atom stereocenters. The second-order valence-corrected chi connectivity index (χ2v) is 13.5. The molecule has 282 valence electrons. The predicted octanol–water partition coefficient (Wildman–Crippen LogP) is 4.75. The third kappa shape index (κ3) is 9.81. The van der Waals surface area contributed by atoms with E-state index in [4.69, 9.17) is 14.2 Å². The first kappa shape index (κ1) is 39.0. The summed E-state index contributed by atoms with van der Waals surface area (Å²) < 4.78 is 17.0. The third-order valence-electron chi connectivity index (χ3n) is 10.0. The highest BCUT2D eigenvalue weighted by Crippen LogP contribution is 2.48. The molecule has 3 aromatic carbocycles. The van der Waals surface area contributed by atoms with Gasteiger partial charge in [0, 0.05) is 44.2 Å². The molecule has 5 rings (SSSR count). The lowest BCUT2D eigenvalue weighted by molar-refractivity contribution is -0.143. The van der Waals surface area contributed by atoms with E-state index < -0.39 is 30.1 Å². The number of Topliss-reactive ketones (excluding diaryl/α,β-unsaturated/α-hetero) is 1. The molecule has 2 aliphatic heterocycles. The molecule has 3 amide bonds. The molecule has 2 aliphatic rings. The average Bonchev–Trinajstić information content (AvgIpc) is 3.55. The van der Waals surface area contributed by atoms with Gasteiger partial charge < -0.3 is 34.6 Å². The van der Waals surface area contributed by atoms with E-state index in [-0.39, 0.29) is 29.9 Å². The van der Waals surface area contributed by atoms with E-state index in [9.17, 15) is 24.0 Å². The molecule has 2 heterocycles. The van der Waals surface area contributed by atoms with Gasteiger partial charge >= 0.3 is 5.97 Å². The molecular weight excluding hydrogens is 676 g/mol. The van der Waals surface area contributed by atoms with Gasteiger partial charge in [-0.3, -0.25) is 24.0 Å². The lowest BCUT2D eigenvalue weighted by atomic mass is 9.87. The van der Waals surface area contributed by atoms with Gasteiger partial charge in [-0.1, -0.05) is 36.4 Å². The first-order valence-electron chi connectivity index (χ1n) is 18.3. The summed E-state index contributed by atoms with van der Waals surface area (Å²) in [5.41, 5.74) is 2.68. The van der Waals surface area contributed by atoms with Crippen LogP contribution in [0.5, 0.6) is 11.5 Å². The number of methoxy groups -OCH3 is 2. The minimum atomic E-state index is -0.757. The number of amides is 3. The van der Waals surface area contributed by atoms with Gasteiger partial charge in [0.15, 0.2) is 0 Å². The number of ether oxygens (including phenoxy) is 3. The van der Waals surface area contributed by atoms with Gasteiger partial charge in [0.1, 0.15) is 29.3 Å². The Bertz CT molecular complexity index is 1750. The number of rotatable bonds is 10. The average molecular weight is 727 g/mol. The molecule has 0 saturated carbocycles. The Balaban J connectivity index is 1.53. The van der Waals surface area contributed by atoms with E-state index in [2.05, 4.69) is 10.6 Å². The minimum Gasteiger partial charge on any atom is -0.497 e. The van der Waals surface area contributed by atoms with Gasteiger partial charge in [-0.15, -0.1) is 0 Å². The van der Waals surface area contributed by atoms with Crippen LogP contribution in [0.2, 0.25) is 0 Å². The van der Waals surface area contributed by atoms with E-state index >= 15 is 0 Å². The Hall–Kier alpha value is -5.23. The Kier molecular flexibility index (Phi) is 13.6. The number of carbonyl (C=O) groups excluding carboxylic acids is 5. The fourth-order valence-corrected chi connectivity index (χ4v) is 7.14. The second-order valence-electron chi connectivity index (χ2n) is 13.5. The highest BCUT2D eigenvalue weighted by atomic mass is 16.5. The van der Waals surface area contributed by atoms with Gasteiger partial charge in [0.25, 0.3) is 5.91 Å². The zero-order valence-electron chi connectivity index (χ0n) is 31.0. The topological polar surface area (TPSA) is 144 Å². The maximum Gasteiger partial charge on any atom is 0.307 e. The maximum atomic E-state index is 14.9. The van der Waals surface area contributed by atoms with Crippen molar-refractivity contribution in [2.45, 2.75) is 70.1 Å². The number of fused-ring (bicyclic) bond motifs is 1. The summed E-state index contributed by atoms with van der Waals surface area (Å²) >= 11 is 0. The highest BCUT2D eigenvalue weighted by Gasteiger charge is 2.43. The predicted molar refractivity (Wildman–Crippen MR) is 199 cm³/mol. The van der Waals surface area contributed by atoms with Crippen molar-refractivity contribution in [3.63, 3.8) is 0 Å². The fraction of sp³-hybridized carbons (Fsp3) is 0.439. The molecule has 0 aliphatic carbocycles. The van der Waals surface area contributed by atoms with Crippen LogP contribution < -0.4 is 20.1 Å². The quantitative estimate of drug-likeness (QED) is 0.224. The number of nitrogens with zero attached hydrogens (tertiary/aromatic N) is 2. The van der Waals surface area contributed by atoms with Crippen LogP contribution in [0.15, 0.2) is 72.8 Å². The zero-order valence-corrected chi connectivity index (χ0v) is 31.0. The van der Waals surface area contributed by atoms with Crippen LogP contribution >= 0.6 is 0 Å². The zero-order chi connectivity index (χ0) is 37.9. The van der Waals surface area contributed by atoms with Crippen molar-refractivity contribution in [1.29, 1.82) is 0 Å². The SMILES string of the molecule is COC(=O)C[C@@H]1c2ccc3c(c2)[C@@H](C(=O)N(CCCNC(=O)c2ccccc2)CCCNC(C(C)=O)CCCN1C(C)=O)[C@H](c1ccc(OC)cc1)O3. The third-order valence-corrected chi connectivity index (χ3v) is 10.0. The normalized spacial score (nSPS) is 20.6. The van der Waals surface area contributed by atoms with E-state index in [0.717, 1.165) is 5.56 Å². The first-order chi connectivity index (χ1) is 25.6. The fourth-order valence-electron chi connectivity index (χ4n) is 7.14. The second kappa shape index (κ2) is 18.5. The van der Waals surface area contributed by atoms with Crippen LogP contribution in [-0.4, -0.2) is 92.3 Å². The molecule has 0 fully saturated rings. The number of esters is 1. The molecule has 12 heteroatoms. The summed E-state index contributed by atoms with van der Waals surface area (Å²) in [6.45, 7) is 4.96. The highest BCUT2D eigenvalue weighted by molar-refractivity contribution is 5.94. The first-order valence-corrected chi connectivity index (χ1v) is 18.3. The molecule has 53 heavy (non-hydrogen) atoms.